The summed E-state index contributed by atoms with van der Waals surface area (Å²) in [6.45, 7) is 0. The summed E-state index contributed by atoms with van der Waals surface area (Å²) < 4.78 is 0. The molecule has 2 rings (SSSR count). The van der Waals surface area contributed by atoms with Crippen molar-refractivity contribution in [1.82, 2.24) is 9.88 Å². The Bertz CT molecular complexity index is 493. The summed E-state index contributed by atoms with van der Waals surface area (Å²) in [5.74, 6) is 1.08. The molecule has 0 aliphatic heterocycles. The Hall–Kier alpha value is -1.89. The van der Waals surface area contributed by atoms with Crippen LogP contribution in [-0.2, 0) is 0 Å². The van der Waals surface area contributed by atoms with Crippen LogP contribution in [0.25, 0.3) is 0 Å². The lowest BCUT2D eigenvalue weighted by atomic mass is 9.86. The molecule has 4 heteroatoms. The molecule has 1 aliphatic rings. The summed E-state index contributed by atoms with van der Waals surface area (Å²) in [5.41, 5.74) is 1.63. The van der Waals surface area contributed by atoms with Crippen LogP contribution in [0.1, 0.15) is 49.3 Å². The second kappa shape index (κ2) is 6.33. The van der Waals surface area contributed by atoms with E-state index in [0.717, 1.165) is 5.69 Å². The minimum absolute atomic E-state index is 0.537. The lowest BCUT2D eigenvalue weighted by Crippen LogP contribution is -2.08. The van der Waals surface area contributed by atoms with Gasteiger partial charge in [0.15, 0.2) is 5.82 Å². The van der Waals surface area contributed by atoms with Crippen LogP contribution in [0.15, 0.2) is 17.1 Å². The van der Waals surface area contributed by atoms with E-state index in [1.807, 2.05) is 31.1 Å². The van der Waals surface area contributed by atoms with Gasteiger partial charge in [-0.3, -0.25) is 0 Å². The molecule has 19 heavy (non-hydrogen) atoms. The Balaban J connectivity index is 2.27. The molecule has 1 aromatic heterocycles. The summed E-state index contributed by atoms with van der Waals surface area (Å²) in [6, 6.07) is 5.99. The number of aromatic nitrogens is 1. The second-order valence-electron chi connectivity index (χ2n) is 5.26. The van der Waals surface area contributed by atoms with Crippen LogP contribution in [-0.4, -0.2) is 30.3 Å². The number of nitrogens with zero attached hydrogens (tertiary/aromatic N) is 4. The molecule has 0 unspecified atom stereocenters. The van der Waals surface area contributed by atoms with Gasteiger partial charge in [0.1, 0.15) is 6.07 Å². The van der Waals surface area contributed by atoms with Crippen molar-refractivity contribution < 1.29 is 0 Å². The normalized spacial score (nSPS) is 16.5. The lowest BCUT2D eigenvalue weighted by molar-refractivity contribution is 0.437. The molecule has 0 N–H and O–H groups in total. The Morgan fingerprint density at radius 3 is 2.68 bits per heavy atom. The van der Waals surface area contributed by atoms with E-state index < -0.39 is 0 Å². The molecule has 1 aromatic rings. The fourth-order valence-corrected chi connectivity index (χ4v) is 2.44. The van der Waals surface area contributed by atoms with E-state index in [4.69, 9.17) is 5.26 Å². The standard InChI is InChI=1S/C15H20N4/c1-19(2)11-17-15-13(10-16)8-9-14(18-15)12-6-4-3-5-7-12/h8-9,11-12H,3-7H2,1-2H3. The predicted octanol–water partition coefficient (Wildman–Crippen LogP) is 3.22. The van der Waals surface area contributed by atoms with Crippen LogP contribution >= 0.6 is 0 Å². The number of hydrogen-bond donors (Lipinski definition) is 0. The minimum Gasteiger partial charge on any atom is -0.369 e. The SMILES string of the molecule is CN(C)C=Nc1nc(C2CCCCC2)ccc1C#N. The Morgan fingerprint density at radius 2 is 2.05 bits per heavy atom. The molecule has 0 aromatic carbocycles. The van der Waals surface area contributed by atoms with Crippen molar-refractivity contribution in [3.8, 4) is 6.07 Å². The Labute approximate surface area is 114 Å². The molecular formula is C15H20N4. The highest BCUT2D eigenvalue weighted by atomic mass is 15.1. The maximum absolute atomic E-state index is 9.11. The van der Waals surface area contributed by atoms with E-state index in [0.29, 0.717) is 17.3 Å². The van der Waals surface area contributed by atoms with Gasteiger partial charge >= 0.3 is 0 Å². The highest BCUT2D eigenvalue weighted by Gasteiger charge is 2.17. The van der Waals surface area contributed by atoms with Crippen molar-refractivity contribution in [3.63, 3.8) is 0 Å². The highest BCUT2D eigenvalue weighted by Crippen LogP contribution is 2.32. The largest absolute Gasteiger partial charge is 0.369 e. The van der Waals surface area contributed by atoms with Crippen molar-refractivity contribution in [2.45, 2.75) is 38.0 Å². The van der Waals surface area contributed by atoms with Crippen molar-refractivity contribution in [2.75, 3.05) is 14.1 Å². The molecule has 1 fully saturated rings. The first-order chi connectivity index (χ1) is 9.20. The number of pyridine rings is 1. The molecule has 0 saturated heterocycles. The summed E-state index contributed by atoms with van der Waals surface area (Å²) in [6.07, 6.45) is 7.99. The first-order valence-electron chi connectivity index (χ1n) is 6.82. The van der Waals surface area contributed by atoms with Crippen LogP contribution in [0.4, 0.5) is 5.82 Å². The summed E-state index contributed by atoms with van der Waals surface area (Å²) in [4.78, 5) is 10.7. The van der Waals surface area contributed by atoms with Gasteiger partial charge in [0.25, 0.3) is 0 Å². The second-order valence-corrected chi connectivity index (χ2v) is 5.26. The lowest BCUT2D eigenvalue weighted by Gasteiger charge is -2.21. The van der Waals surface area contributed by atoms with E-state index in [1.165, 1.54) is 32.1 Å². The molecule has 0 atom stereocenters. The highest BCUT2D eigenvalue weighted by molar-refractivity contribution is 5.62. The molecule has 0 spiro atoms. The quantitative estimate of drug-likeness (QED) is 0.616. The average Bonchev–Trinajstić information content (AvgIpc) is 2.45. The van der Waals surface area contributed by atoms with Crippen molar-refractivity contribution in [3.05, 3.63) is 23.4 Å². The fraction of sp³-hybridized carbons (Fsp3) is 0.533. The predicted molar refractivity (Wildman–Crippen MR) is 76.6 cm³/mol. The topological polar surface area (TPSA) is 52.3 Å². The Kier molecular flexibility index (Phi) is 4.51. The van der Waals surface area contributed by atoms with E-state index in [9.17, 15) is 0 Å². The molecule has 1 aliphatic carbocycles. The minimum atomic E-state index is 0.537. The molecule has 0 amide bonds. The number of rotatable bonds is 3. The zero-order valence-electron chi connectivity index (χ0n) is 11.6. The maximum Gasteiger partial charge on any atom is 0.171 e. The third-order valence-corrected chi connectivity index (χ3v) is 3.45. The Morgan fingerprint density at radius 1 is 1.32 bits per heavy atom. The van der Waals surface area contributed by atoms with E-state index in [2.05, 4.69) is 16.0 Å². The first kappa shape index (κ1) is 13.5. The van der Waals surface area contributed by atoms with E-state index in [-0.39, 0.29) is 0 Å². The molecule has 100 valence electrons. The molecule has 1 saturated carbocycles. The molecular weight excluding hydrogens is 236 g/mol. The van der Waals surface area contributed by atoms with Gasteiger partial charge in [-0.25, -0.2) is 9.98 Å². The smallest absolute Gasteiger partial charge is 0.171 e. The van der Waals surface area contributed by atoms with Gasteiger partial charge in [0.2, 0.25) is 0 Å². The van der Waals surface area contributed by atoms with Crippen molar-refractivity contribution in [2.24, 2.45) is 4.99 Å². The number of hydrogen-bond acceptors (Lipinski definition) is 3. The third kappa shape index (κ3) is 3.54. The maximum atomic E-state index is 9.11. The zero-order chi connectivity index (χ0) is 13.7. The molecule has 1 heterocycles. The number of nitriles is 1. The van der Waals surface area contributed by atoms with Gasteiger partial charge in [0, 0.05) is 25.7 Å². The van der Waals surface area contributed by atoms with Gasteiger partial charge in [-0.15, -0.1) is 0 Å². The van der Waals surface area contributed by atoms with Crippen molar-refractivity contribution >= 4 is 12.2 Å². The summed E-state index contributed by atoms with van der Waals surface area (Å²) in [5, 5.41) is 9.11. The average molecular weight is 256 g/mol. The molecule has 0 bridgehead atoms. The summed E-state index contributed by atoms with van der Waals surface area (Å²) >= 11 is 0. The van der Waals surface area contributed by atoms with Gasteiger partial charge in [-0.1, -0.05) is 19.3 Å². The van der Waals surface area contributed by atoms with Crippen LogP contribution in [0.5, 0.6) is 0 Å². The van der Waals surface area contributed by atoms with Crippen LogP contribution in [0.2, 0.25) is 0 Å². The van der Waals surface area contributed by atoms with Gasteiger partial charge < -0.3 is 4.90 Å². The number of aliphatic imine (C=N–C) groups is 1. The van der Waals surface area contributed by atoms with E-state index >= 15 is 0 Å². The fourth-order valence-electron chi connectivity index (χ4n) is 2.44. The zero-order valence-corrected chi connectivity index (χ0v) is 11.6. The van der Waals surface area contributed by atoms with Crippen LogP contribution < -0.4 is 0 Å². The molecule has 0 radical (unpaired) electrons. The first-order valence-corrected chi connectivity index (χ1v) is 6.82. The van der Waals surface area contributed by atoms with Crippen molar-refractivity contribution in [1.29, 1.82) is 5.26 Å². The monoisotopic (exact) mass is 256 g/mol. The molecule has 4 nitrogen and oxygen atoms in total. The van der Waals surface area contributed by atoms with Gasteiger partial charge in [-0.05, 0) is 25.0 Å². The summed E-state index contributed by atoms with van der Waals surface area (Å²) in [7, 11) is 3.81. The van der Waals surface area contributed by atoms with Crippen LogP contribution in [0.3, 0.4) is 0 Å². The third-order valence-electron chi connectivity index (χ3n) is 3.45. The van der Waals surface area contributed by atoms with E-state index in [1.54, 1.807) is 6.34 Å². The van der Waals surface area contributed by atoms with Gasteiger partial charge in [-0.2, -0.15) is 5.26 Å². The van der Waals surface area contributed by atoms with Gasteiger partial charge in [0.05, 0.1) is 11.9 Å². The van der Waals surface area contributed by atoms with Crippen LogP contribution in [0, 0.1) is 11.3 Å².